The SMILES string of the molecule is CC1CCN(CCC2CCN(C(=O)OCc3ccccc3)CC2)CC1. The molecule has 2 aliphatic heterocycles. The molecule has 1 aromatic rings. The average molecular weight is 344 g/mol. The van der Waals surface area contributed by atoms with Crippen molar-refractivity contribution in [3.8, 4) is 0 Å². The van der Waals surface area contributed by atoms with E-state index in [1.807, 2.05) is 35.2 Å². The Bertz CT molecular complexity index is 518. The van der Waals surface area contributed by atoms with E-state index in [9.17, 15) is 4.79 Å². The number of ether oxygens (including phenoxy) is 1. The van der Waals surface area contributed by atoms with Crippen LogP contribution >= 0.6 is 0 Å². The van der Waals surface area contributed by atoms with Crippen LogP contribution in [-0.4, -0.2) is 48.6 Å². The Kier molecular flexibility index (Phi) is 6.74. The van der Waals surface area contributed by atoms with Gasteiger partial charge in [-0.1, -0.05) is 37.3 Å². The summed E-state index contributed by atoms with van der Waals surface area (Å²) in [5.74, 6) is 1.67. The van der Waals surface area contributed by atoms with Crippen LogP contribution in [0.25, 0.3) is 0 Å². The zero-order valence-electron chi connectivity index (χ0n) is 15.5. The first-order valence-corrected chi connectivity index (χ1v) is 9.88. The molecule has 0 spiro atoms. The largest absolute Gasteiger partial charge is 0.445 e. The smallest absolute Gasteiger partial charge is 0.410 e. The van der Waals surface area contributed by atoms with Crippen molar-refractivity contribution in [2.24, 2.45) is 11.8 Å². The van der Waals surface area contributed by atoms with E-state index in [0.29, 0.717) is 6.61 Å². The molecule has 0 atom stereocenters. The van der Waals surface area contributed by atoms with E-state index in [1.165, 1.54) is 38.9 Å². The second kappa shape index (κ2) is 9.23. The Morgan fingerprint density at radius 2 is 1.72 bits per heavy atom. The molecule has 2 saturated heterocycles. The van der Waals surface area contributed by atoms with E-state index in [0.717, 1.165) is 43.3 Å². The van der Waals surface area contributed by atoms with Crippen LogP contribution in [0.2, 0.25) is 0 Å². The van der Waals surface area contributed by atoms with E-state index in [2.05, 4.69) is 11.8 Å². The predicted octanol–water partition coefficient (Wildman–Crippen LogP) is 4.16. The van der Waals surface area contributed by atoms with E-state index < -0.39 is 0 Å². The molecule has 0 N–H and O–H groups in total. The molecule has 4 heteroatoms. The summed E-state index contributed by atoms with van der Waals surface area (Å²) in [6.45, 7) is 8.19. The minimum Gasteiger partial charge on any atom is -0.445 e. The van der Waals surface area contributed by atoms with Gasteiger partial charge < -0.3 is 14.5 Å². The van der Waals surface area contributed by atoms with Gasteiger partial charge >= 0.3 is 6.09 Å². The van der Waals surface area contributed by atoms with E-state index in [-0.39, 0.29) is 6.09 Å². The molecule has 0 aromatic heterocycles. The lowest BCUT2D eigenvalue weighted by molar-refractivity contribution is 0.0794. The van der Waals surface area contributed by atoms with Gasteiger partial charge in [0.15, 0.2) is 0 Å². The van der Waals surface area contributed by atoms with E-state index >= 15 is 0 Å². The first kappa shape index (κ1) is 18.2. The van der Waals surface area contributed by atoms with Crippen molar-refractivity contribution >= 4 is 6.09 Å². The van der Waals surface area contributed by atoms with Crippen LogP contribution in [-0.2, 0) is 11.3 Å². The summed E-state index contributed by atoms with van der Waals surface area (Å²) in [4.78, 5) is 16.7. The number of carbonyl (C=O) groups is 1. The minimum atomic E-state index is -0.160. The molecular weight excluding hydrogens is 312 g/mol. The van der Waals surface area contributed by atoms with Crippen LogP contribution in [0.5, 0.6) is 0 Å². The van der Waals surface area contributed by atoms with Crippen LogP contribution in [0, 0.1) is 11.8 Å². The first-order chi connectivity index (χ1) is 12.2. The van der Waals surface area contributed by atoms with Crippen molar-refractivity contribution in [3.63, 3.8) is 0 Å². The van der Waals surface area contributed by atoms with Gasteiger partial charge in [0.05, 0.1) is 0 Å². The lowest BCUT2D eigenvalue weighted by Gasteiger charge is -2.34. The van der Waals surface area contributed by atoms with Gasteiger partial charge in [0.25, 0.3) is 0 Å². The number of amides is 1. The van der Waals surface area contributed by atoms with Gasteiger partial charge in [-0.3, -0.25) is 0 Å². The summed E-state index contributed by atoms with van der Waals surface area (Å²) >= 11 is 0. The molecule has 3 rings (SSSR count). The van der Waals surface area contributed by atoms with Gasteiger partial charge in [0, 0.05) is 13.1 Å². The summed E-state index contributed by atoms with van der Waals surface area (Å²) in [5, 5.41) is 0. The maximum atomic E-state index is 12.2. The van der Waals surface area contributed by atoms with Gasteiger partial charge in [0.1, 0.15) is 6.61 Å². The monoisotopic (exact) mass is 344 g/mol. The maximum Gasteiger partial charge on any atom is 0.410 e. The summed E-state index contributed by atoms with van der Waals surface area (Å²) in [6, 6.07) is 9.89. The van der Waals surface area contributed by atoms with Crippen LogP contribution in [0.1, 0.15) is 44.6 Å². The van der Waals surface area contributed by atoms with Crippen LogP contribution in [0.15, 0.2) is 30.3 Å². The van der Waals surface area contributed by atoms with Crippen molar-refractivity contribution in [1.29, 1.82) is 0 Å². The average Bonchev–Trinajstić information content (AvgIpc) is 2.67. The third-order valence-electron chi connectivity index (χ3n) is 5.81. The zero-order valence-corrected chi connectivity index (χ0v) is 15.5. The summed E-state index contributed by atoms with van der Waals surface area (Å²) in [7, 11) is 0. The Morgan fingerprint density at radius 3 is 2.40 bits per heavy atom. The van der Waals surface area contributed by atoms with Crippen molar-refractivity contribution in [3.05, 3.63) is 35.9 Å². The van der Waals surface area contributed by atoms with Crippen LogP contribution in [0.4, 0.5) is 4.79 Å². The molecule has 1 amide bonds. The third kappa shape index (κ3) is 5.74. The topological polar surface area (TPSA) is 32.8 Å². The molecule has 25 heavy (non-hydrogen) atoms. The molecule has 4 nitrogen and oxygen atoms in total. The lowest BCUT2D eigenvalue weighted by Crippen LogP contribution is -2.40. The highest BCUT2D eigenvalue weighted by molar-refractivity contribution is 5.67. The standard InChI is InChI=1S/C21H32N2O2/c1-18-7-12-22(13-8-18)14-9-19-10-15-23(16-11-19)21(24)25-17-20-5-3-2-4-6-20/h2-6,18-19H,7-17H2,1H3. The van der Waals surface area contributed by atoms with Gasteiger partial charge in [-0.25, -0.2) is 4.79 Å². The highest BCUT2D eigenvalue weighted by Gasteiger charge is 2.24. The zero-order chi connectivity index (χ0) is 17.5. The number of benzene rings is 1. The number of carbonyl (C=O) groups excluding carboxylic acids is 1. The molecule has 2 heterocycles. The fourth-order valence-electron chi connectivity index (χ4n) is 3.87. The highest BCUT2D eigenvalue weighted by Crippen LogP contribution is 2.23. The molecule has 0 aliphatic carbocycles. The van der Waals surface area contributed by atoms with Gasteiger partial charge in [-0.05, 0) is 69.1 Å². The molecule has 0 radical (unpaired) electrons. The first-order valence-electron chi connectivity index (χ1n) is 9.88. The molecular formula is C21H32N2O2. The van der Waals surface area contributed by atoms with Crippen molar-refractivity contribution < 1.29 is 9.53 Å². The molecule has 2 aliphatic rings. The van der Waals surface area contributed by atoms with Crippen molar-refractivity contribution in [1.82, 2.24) is 9.80 Å². The summed E-state index contributed by atoms with van der Waals surface area (Å²) in [5.41, 5.74) is 1.04. The van der Waals surface area contributed by atoms with Crippen LogP contribution < -0.4 is 0 Å². The number of hydrogen-bond donors (Lipinski definition) is 0. The number of nitrogens with zero attached hydrogens (tertiary/aromatic N) is 2. The molecule has 0 unspecified atom stereocenters. The van der Waals surface area contributed by atoms with Crippen LogP contribution in [0.3, 0.4) is 0 Å². The highest BCUT2D eigenvalue weighted by atomic mass is 16.6. The molecule has 0 bridgehead atoms. The predicted molar refractivity (Wildman–Crippen MR) is 100 cm³/mol. The number of piperidine rings is 2. The second-order valence-corrected chi connectivity index (χ2v) is 7.78. The van der Waals surface area contributed by atoms with Crippen molar-refractivity contribution in [2.75, 3.05) is 32.7 Å². The number of hydrogen-bond acceptors (Lipinski definition) is 3. The Balaban J connectivity index is 1.32. The number of likely N-dealkylation sites (tertiary alicyclic amines) is 2. The normalized spacial score (nSPS) is 20.6. The maximum absolute atomic E-state index is 12.2. The fraction of sp³-hybridized carbons (Fsp3) is 0.667. The van der Waals surface area contributed by atoms with Gasteiger partial charge in [0.2, 0.25) is 0 Å². The minimum absolute atomic E-state index is 0.160. The Labute approximate surface area is 152 Å². The fourth-order valence-corrected chi connectivity index (χ4v) is 3.87. The van der Waals surface area contributed by atoms with E-state index in [1.54, 1.807) is 0 Å². The quantitative estimate of drug-likeness (QED) is 0.804. The molecule has 2 fully saturated rings. The Hall–Kier alpha value is -1.55. The van der Waals surface area contributed by atoms with Crippen molar-refractivity contribution in [2.45, 2.75) is 45.6 Å². The number of rotatable bonds is 5. The molecule has 138 valence electrons. The van der Waals surface area contributed by atoms with E-state index in [4.69, 9.17) is 4.74 Å². The second-order valence-electron chi connectivity index (χ2n) is 7.78. The van der Waals surface area contributed by atoms with Gasteiger partial charge in [-0.15, -0.1) is 0 Å². The third-order valence-corrected chi connectivity index (χ3v) is 5.81. The molecule has 0 saturated carbocycles. The summed E-state index contributed by atoms with van der Waals surface area (Å²) in [6.07, 6.45) is 6.06. The summed E-state index contributed by atoms with van der Waals surface area (Å²) < 4.78 is 5.45. The lowest BCUT2D eigenvalue weighted by atomic mass is 9.92. The molecule has 1 aromatic carbocycles. The Morgan fingerprint density at radius 1 is 1.04 bits per heavy atom. The van der Waals surface area contributed by atoms with Gasteiger partial charge in [-0.2, -0.15) is 0 Å².